The number of aliphatic hydroxyl groups excluding tert-OH is 2. The number of Topliss-reactive ketones (excluding diaryl/α,β-unsaturated/α-hetero) is 1. The van der Waals surface area contributed by atoms with Crippen LogP contribution in [0, 0.1) is 5.92 Å². The molecule has 0 rings (SSSR count). The Morgan fingerprint density at radius 1 is 0.808 bits per heavy atom. The molecule has 2 atom stereocenters. The van der Waals surface area contributed by atoms with E-state index >= 15 is 0 Å². The van der Waals surface area contributed by atoms with E-state index in [0.717, 1.165) is 44.9 Å². The van der Waals surface area contributed by atoms with Gasteiger partial charge in [0.15, 0.2) is 5.78 Å². The lowest BCUT2D eigenvalue weighted by atomic mass is 9.93. The van der Waals surface area contributed by atoms with Crippen molar-refractivity contribution in [2.75, 3.05) is 13.2 Å². The van der Waals surface area contributed by atoms with Gasteiger partial charge in [-0.3, -0.25) is 9.59 Å². The SMILES string of the molecule is CCCCCCCCOC(=O)C(CCCCCCCC)C(=O)C(O)CO. The number of esters is 1. The van der Waals surface area contributed by atoms with Crippen LogP contribution in [0.4, 0.5) is 0 Å². The van der Waals surface area contributed by atoms with Gasteiger partial charge in [-0.2, -0.15) is 0 Å². The molecule has 0 bridgehead atoms. The molecule has 0 amide bonds. The zero-order valence-electron chi connectivity index (χ0n) is 16.9. The van der Waals surface area contributed by atoms with Crippen molar-refractivity contribution in [3.8, 4) is 0 Å². The molecule has 0 saturated heterocycles. The van der Waals surface area contributed by atoms with Gasteiger partial charge in [-0.15, -0.1) is 0 Å². The summed E-state index contributed by atoms with van der Waals surface area (Å²) in [5.74, 6) is -2.12. The number of hydrogen-bond donors (Lipinski definition) is 2. The smallest absolute Gasteiger partial charge is 0.316 e. The average Bonchev–Trinajstić information content (AvgIpc) is 2.65. The molecule has 0 radical (unpaired) electrons. The van der Waals surface area contributed by atoms with Gasteiger partial charge in [0.05, 0.1) is 13.2 Å². The van der Waals surface area contributed by atoms with Crippen molar-refractivity contribution in [2.45, 2.75) is 103 Å². The summed E-state index contributed by atoms with van der Waals surface area (Å²) in [5.41, 5.74) is 0. The van der Waals surface area contributed by atoms with Crippen molar-refractivity contribution in [1.82, 2.24) is 0 Å². The molecule has 2 N–H and O–H groups in total. The Morgan fingerprint density at radius 3 is 1.85 bits per heavy atom. The summed E-state index contributed by atoms with van der Waals surface area (Å²) < 4.78 is 5.27. The topological polar surface area (TPSA) is 83.8 Å². The third kappa shape index (κ3) is 12.4. The molecule has 154 valence electrons. The summed E-state index contributed by atoms with van der Waals surface area (Å²) in [7, 11) is 0. The number of unbranched alkanes of at least 4 members (excludes halogenated alkanes) is 10. The Balaban J connectivity index is 4.23. The van der Waals surface area contributed by atoms with Crippen molar-refractivity contribution < 1.29 is 24.5 Å². The summed E-state index contributed by atoms with van der Waals surface area (Å²) >= 11 is 0. The highest BCUT2D eigenvalue weighted by atomic mass is 16.5. The average molecular weight is 373 g/mol. The zero-order valence-corrected chi connectivity index (χ0v) is 16.9. The van der Waals surface area contributed by atoms with Gasteiger partial charge in [0, 0.05) is 0 Å². The number of aliphatic hydroxyl groups is 2. The Morgan fingerprint density at radius 2 is 1.31 bits per heavy atom. The van der Waals surface area contributed by atoms with E-state index < -0.39 is 30.4 Å². The fourth-order valence-corrected chi connectivity index (χ4v) is 2.98. The van der Waals surface area contributed by atoms with Gasteiger partial charge < -0.3 is 14.9 Å². The predicted molar refractivity (Wildman–Crippen MR) is 104 cm³/mol. The number of carbonyl (C=O) groups is 2. The summed E-state index contributed by atoms with van der Waals surface area (Å²) in [6.07, 6.45) is 11.8. The molecule has 0 heterocycles. The molecule has 0 aromatic heterocycles. The molecule has 5 nitrogen and oxygen atoms in total. The standard InChI is InChI=1S/C21H40O5/c1-3-5-7-9-11-13-15-18(20(24)19(23)17-22)21(25)26-16-14-12-10-8-6-4-2/h18-19,22-23H,3-17H2,1-2H3. The van der Waals surface area contributed by atoms with Crippen LogP contribution >= 0.6 is 0 Å². The second kappa shape index (κ2) is 17.5. The van der Waals surface area contributed by atoms with Gasteiger partial charge in [0.25, 0.3) is 0 Å². The first-order chi connectivity index (χ1) is 12.6. The largest absolute Gasteiger partial charge is 0.465 e. The maximum atomic E-state index is 12.3. The van der Waals surface area contributed by atoms with E-state index in [1.807, 2.05) is 0 Å². The fraction of sp³-hybridized carbons (Fsp3) is 0.905. The van der Waals surface area contributed by atoms with Gasteiger partial charge in [-0.05, 0) is 12.8 Å². The van der Waals surface area contributed by atoms with E-state index in [9.17, 15) is 14.7 Å². The number of carbonyl (C=O) groups excluding carboxylic acids is 2. The number of ketones is 1. The molecule has 0 aliphatic heterocycles. The lowest BCUT2D eigenvalue weighted by molar-refractivity contribution is -0.155. The Labute approximate surface area is 159 Å². The molecule has 0 fully saturated rings. The zero-order chi connectivity index (χ0) is 19.6. The molecule has 0 aliphatic rings. The Bertz CT molecular complexity index is 356. The fourth-order valence-electron chi connectivity index (χ4n) is 2.98. The molecular formula is C21H40O5. The van der Waals surface area contributed by atoms with E-state index in [1.165, 1.54) is 32.1 Å². The van der Waals surface area contributed by atoms with Crippen molar-refractivity contribution in [3.63, 3.8) is 0 Å². The minimum Gasteiger partial charge on any atom is -0.465 e. The van der Waals surface area contributed by atoms with E-state index in [-0.39, 0.29) is 0 Å². The Hall–Kier alpha value is -0.940. The van der Waals surface area contributed by atoms with Gasteiger partial charge in [-0.1, -0.05) is 84.5 Å². The minimum absolute atomic E-state index is 0.320. The first-order valence-corrected chi connectivity index (χ1v) is 10.6. The van der Waals surface area contributed by atoms with Crippen LogP contribution in [-0.2, 0) is 14.3 Å². The van der Waals surface area contributed by atoms with Crippen LogP contribution in [0.15, 0.2) is 0 Å². The second-order valence-electron chi connectivity index (χ2n) is 7.15. The van der Waals surface area contributed by atoms with Crippen molar-refractivity contribution >= 4 is 11.8 Å². The first kappa shape index (κ1) is 25.1. The highest BCUT2D eigenvalue weighted by Crippen LogP contribution is 2.17. The monoisotopic (exact) mass is 372 g/mol. The van der Waals surface area contributed by atoms with E-state index in [4.69, 9.17) is 9.84 Å². The van der Waals surface area contributed by atoms with Crippen molar-refractivity contribution in [3.05, 3.63) is 0 Å². The highest BCUT2D eigenvalue weighted by molar-refractivity contribution is 6.01. The van der Waals surface area contributed by atoms with Crippen molar-refractivity contribution in [1.29, 1.82) is 0 Å². The van der Waals surface area contributed by atoms with Gasteiger partial charge in [0.1, 0.15) is 12.0 Å². The first-order valence-electron chi connectivity index (χ1n) is 10.6. The number of hydrogen-bond acceptors (Lipinski definition) is 5. The van der Waals surface area contributed by atoms with Crippen LogP contribution in [0.2, 0.25) is 0 Å². The molecule has 26 heavy (non-hydrogen) atoms. The maximum Gasteiger partial charge on any atom is 0.316 e. The molecule has 0 spiro atoms. The molecular weight excluding hydrogens is 332 g/mol. The predicted octanol–water partition coefficient (Wildman–Crippen LogP) is 4.18. The summed E-state index contributed by atoms with van der Waals surface area (Å²) in [6, 6.07) is 0. The molecule has 0 aromatic carbocycles. The number of rotatable bonds is 18. The quantitative estimate of drug-likeness (QED) is 0.214. The van der Waals surface area contributed by atoms with Gasteiger partial charge in [-0.25, -0.2) is 0 Å². The molecule has 5 heteroatoms. The Kier molecular flexibility index (Phi) is 16.8. The summed E-state index contributed by atoms with van der Waals surface area (Å²) in [4.78, 5) is 24.4. The number of ether oxygens (including phenoxy) is 1. The molecule has 0 saturated carbocycles. The normalized spacial score (nSPS) is 13.4. The van der Waals surface area contributed by atoms with Crippen LogP contribution < -0.4 is 0 Å². The highest BCUT2D eigenvalue weighted by Gasteiger charge is 2.31. The van der Waals surface area contributed by atoms with Crippen LogP contribution in [0.3, 0.4) is 0 Å². The second-order valence-corrected chi connectivity index (χ2v) is 7.15. The summed E-state index contributed by atoms with van der Waals surface area (Å²) in [5, 5.41) is 18.6. The van der Waals surface area contributed by atoms with Gasteiger partial charge >= 0.3 is 5.97 Å². The van der Waals surface area contributed by atoms with Crippen LogP contribution in [0.5, 0.6) is 0 Å². The summed E-state index contributed by atoms with van der Waals surface area (Å²) in [6.45, 7) is 3.99. The van der Waals surface area contributed by atoms with Crippen LogP contribution in [0.25, 0.3) is 0 Å². The van der Waals surface area contributed by atoms with E-state index in [1.54, 1.807) is 0 Å². The molecule has 0 aliphatic carbocycles. The van der Waals surface area contributed by atoms with E-state index in [0.29, 0.717) is 13.0 Å². The minimum atomic E-state index is -1.50. The molecule has 2 unspecified atom stereocenters. The van der Waals surface area contributed by atoms with Crippen LogP contribution in [-0.4, -0.2) is 41.3 Å². The van der Waals surface area contributed by atoms with E-state index in [2.05, 4.69) is 13.8 Å². The lowest BCUT2D eigenvalue weighted by Crippen LogP contribution is -2.36. The van der Waals surface area contributed by atoms with Crippen LogP contribution in [0.1, 0.15) is 97.3 Å². The third-order valence-corrected chi connectivity index (χ3v) is 4.72. The van der Waals surface area contributed by atoms with Crippen molar-refractivity contribution in [2.24, 2.45) is 5.92 Å². The van der Waals surface area contributed by atoms with Gasteiger partial charge in [0.2, 0.25) is 0 Å². The molecule has 0 aromatic rings. The lowest BCUT2D eigenvalue weighted by Gasteiger charge is -2.17. The maximum absolute atomic E-state index is 12.3. The third-order valence-electron chi connectivity index (χ3n) is 4.72.